The molecule has 3 rings (SSSR count). The monoisotopic (exact) mass is 304 g/mol. The van der Waals surface area contributed by atoms with Gasteiger partial charge >= 0.3 is 5.97 Å². The number of hydrogen-bond donors (Lipinski definition) is 1. The number of hydroxylamine groups is 1. The number of carbonyl (C=O) groups excluding carboxylic acids is 2. The van der Waals surface area contributed by atoms with E-state index in [0.717, 1.165) is 5.56 Å². The molecule has 1 N–H and O–H groups in total. The van der Waals surface area contributed by atoms with Gasteiger partial charge < -0.3 is 4.74 Å². The number of nitrogens with one attached hydrogen (secondary N) is 1. The molecule has 0 aromatic carbocycles. The molecule has 2 atom stereocenters. The SMILES string of the molecule is CC1(C)[C@@]2(C)CC[C@]1(C(=O)NOCc1cccnc1)OC2=O. The highest BCUT2D eigenvalue weighted by Crippen LogP contribution is 2.65. The maximum Gasteiger partial charge on any atom is 0.313 e. The third-order valence-electron chi connectivity index (χ3n) is 5.58. The number of carbonyl (C=O) groups is 2. The minimum absolute atomic E-state index is 0.210. The summed E-state index contributed by atoms with van der Waals surface area (Å²) in [5, 5.41) is 0. The normalized spacial score (nSPS) is 31.9. The number of aromatic nitrogens is 1. The smallest absolute Gasteiger partial charge is 0.313 e. The van der Waals surface area contributed by atoms with Crippen molar-refractivity contribution in [3.63, 3.8) is 0 Å². The van der Waals surface area contributed by atoms with Gasteiger partial charge in [0, 0.05) is 17.8 Å². The van der Waals surface area contributed by atoms with Gasteiger partial charge in [0.25, 0.3) is 5.91 Å². The number of fused-ring (bicyclic) bond motifs is 2. The first-order valence-electron chi connectivity index (χ1n) is 7.38. The highest BCUT2D eigenvalue weighted by Gasteiger charge is 2.75. The minimum Gasteiger partial charge on any atom is -0.448 e. The molecule has 1 saturated carbocycles. The molecule has 1 amide bonds. The van der Waals surface area contributed by atoms with Crippen LogP contribution >= 0.6 is 0 Å². The summed E-state index contributed by atoms with van der Waals surface area (Å²) < 4.78 is 5.49. The van der Waals surface area contributed by atoms with Gasteiger partial charge in [0.05, 0.1) is 5.41 Å². The van der Waals surface area contributed by atoms with Gasteiger partial charge in [-0.3, -0.25) is 19.4 Å². The van der Waals surface area contributed by atoms with Crippen molar-refractivity contribution < 1.29 is 19.2 Å². The quantitative estimate of drug-likeness (QED) is 0.677. The second-order valence-electron chi connectivity index (χ2n) is 6.75. The Morgan fingerprint density at radius 2 is 2.18 bits per heavy atom. The number of esters is 1. The summed E-state index contributed by atoms with van der Waals surface area (Å²) in [7, 11) is 0. The number of nitrogens with zero attached hydrogens (tertiary/aromatic N) is 1. The van der Waals surface area contributed by atoms with Gasteiger partial charge in [-0.2, -0.15) is 0 Å². The van der Waals surface area contributed by atoms with Crippen LogP contribution in [0.1, 0.15) is 39.2 Å². The Hall–Kier alpha value is -1.95. The maximum atomic E-state index is 12.6. The summed E-state index contributed by atoms with van der Waals surface area (Å²) in [4.78, 5) is 34.0. The summed E-state index contributed by atoms with van der Waals surface area (Å²) in [6, 6.07) is 3.65. The highest BCUT2D eigenvalue weighted by atomic mass is 16.7. The first kappa shape index (κ1) is 15.0. The topological polar surface area (TPSA) is 77.5 Å². The van der Waals surface area contributed by atoms with Crippen LogP contribution in [0.2, 0.25) is 0 Å². The van der Waals surface area contributed by atoms with Crippen molar-refractivity contribution in [1.29, 1.82) is 0 Å². The van der Waals surface area contributed by atoms with Gasteiger partial charge in [-0.05, 0) is 31.4 Å². The average molecular weight is 304 g/mol. The van der Waals surface area contributed by atoms with Gasteiger partial charge in [-0.1, -0.05) is 19.9 Å². The molecule has 1 saturated heterocycles. The summed E-state index contributed by atoms with van der Waals surface area (Å²) in [6.45, 7) is 5.90. The Labute approximate surface area is 129 Å². The van der Waals surface area contributed by atoms with Gasteiger partial charge in [-0.15, -0.1) is 0 Å². The largest absolute Gasteiger partial charge is 0.448 e. The van der Waals surface area contributed by atoms with E-state index in [1.54, 1.807) is 18.5 Å². The molecule has 22 heavy (non-hydrogen) atoms. The van der Waals surface area contributed by atoms with Crippen LogP contribution in [0.4, 0.5) is 0 Å². The van der Waals surface area contributed by atoms with Crippen molar-refractivity contribution in [2.75, 3.05) is 0 Å². The van der Waals surface area contributed by atoms with Crippen molar-refractivity contribution in [1.82, 2.24) is 10.5 Å². The van der Waals surface area contributed by atoms with E-state index in [4.69, 9.17) is 9.57 Å². The summed E-state index contributed by atoms with van der Waals surface area (Å²) in [5.74, 6) is -0.692. The second-order valence-corrected chi connectivity index (χ2v) is 6.75. The molecule has 1 aromatic heterocycles. The lowest BCUT2D eigenvalue weighted by molar-refractivity contribution is -0.175. The van der Waals surface area contributed by atoms with E-state index >= 15 is 0 Å². The van der Waals surface area contributed by atoms with Crippen LogP contribution in [-0.4, -0.2) is 22.5 Å². The lowest BCUT2D eigenvalue weighted by Gasteiger charge is -2.34. The lowest BCUT2D eigenvalue weighted by Crippen LogP contribution is -2.53. The van der Waals surface area contributed by atoms with Crippen LogP contribution in [-0.2, 0) is 25.8 Å². The molecule has 0 radical (unpaired) electrons. The van der Waals surface area contributed by atoms with E-state index in [1.165, 1.54) is 0 Å². The van der Waals surface area contributed by atoms with E-state index < -0.39 is 22.3 Å². The van der Waals surface area contributed by atoms with E-state index in [9.17, 15) is 9.59 Å². The Bertz CT molecular complexity index is 616. The van der Waals surface area contributed by atoms with Gasteiger partial charge in [-0.25, -0.2) is 5.48 Å². The Morgan fingerprint density at radius 1 is 1.41 bits per heavy atom. The zero-order valence-corrected chi connectivity index (χ0v) is 13.0. The van der Waals surface area contributed by atoms with E-state index in [1.807, 2.05) is 26.8 Å². The van der Waals surface area contributed by atoms with Gasteiger partial charge in [0.2, 0.25) is 0 Å². The zero-order chi connectivity index (χ0) is 16.0. The second kappa shape index (κ2) is 4.78. The molecule has 2 heterocycles. The Balaban J connectivity index is 1.69. The summed E-state index contributed by atoms with van der Waals surface area (Å²) in [5.41, 5.74) is 0.954. The van der Waals surface area contributed by atoms with Crippen LogP contribution < -0.4 is 5.48 Å². The van der Waals surface area contributed by atoms with E-state index in [2.05, 4.69) is 10.5 Å². The van der Waals surface area contributed by atoms with Crippen molar-refractivity contribution in [2.45, 2.75) is 45.8 Å². The molecule has 2 bridgehead atoms. The fourth-order valence-electron chi connectivity index (χ4n) is 3.50. The number of pyridine rings is 1. The van der Waals surface area contributed by atoms with Crippen molar-refractivity contribution in [2.24, 2.45) is 10.8 Å². The van der Waals surface area contributed by atoms with Gasteiger partial charge in [0.1, 0.15) is 6.61 Å². The molecule has 1 aliphatic heterocycles. The third kappa shape index (κ3) is 1.80. The first-order valence-corrected chi connectivity index (χ1v) is 7.38. The fourth-order valence-corrected chi connectivity index (χ4v) is 3.50. The molecule has 0 spiro atoms. The molecule has 1 aliphatic carbocycles. The van der Waals surface area contributed by atoms with Crippen LogP contribution in [0.5, 0.6) is 0 Å². The molecule has 6 nitrogen and oxygen atoms in total. The first-order chi connectivity index (χ1) is 10.3. The standard InChI is InChI=1S/C16H20N2O4/c1-14(2)15(3)6-7-16(14,22-13(15)20)12(19)18-21-10-11-5-4-8-17-9-11/h4-5,8-9H,6-7,10H2,1-3H3,(H,18,19)/t15-,16+/m0/s1. The van der Waals surface area contributed by atoms with Crippen LogP contribution in [0.15, 0.2) is 24.5 Å². The number of hydrogen-bond acceptors (Lipinski definition) is 5. The highest BCUT2D eigenvalue weighted by molar-refractivity contribution is 5.95. The third-order valence-corrected chi connectivity index (χ3v) is 5.58. The van der Waals surface area contributed by atoms with Crippen LogP contribution in [0.3, 0.4) is 0 Å². The molecule has 6 heteroatoms. The maximum absolute atomic E-state index is 12.6. The molecule has 0 unspecified atom stereocenters. The molecule has 2 fully saturated rings. The average Bonchev–Trinajstić information content (AvgIpc) is 2.78. The van der Waals surface area contributed by atoms with Gasteiger partial charge in [0.15, 0.2) is 5.60 Å². The predicted octanol–water partition coefficient (Wildman–Crippen LogP) is 1.75. The molecular weight excluding hydrogens is 284 g/mol. The number of amides is 1. The van der Waals surface area contributed by atoms with E-state index in [0.29, 0.717) is 12.8 Å². The van der Waals surface area contributed by atoms with E-state index in [-0.39, 0.29) is 12.6 Å². The lowest BCUT2D eigenvalue weighted by atomic mass is 9.66. The Morgan fingerprint density at radius 3 is 2.73 bits per heavy atom. The van der Waals surface area contributed by atoms with Crippen molar-refractivity contribution in [3.05, 3.63) is 30.1 Å². The number of rotatable bonds is 4. The van der Waals surface area contributed by atoms with Crippen molar-refractivity contribution >= 4 is 11.9 Å². The molecule has 1 aromatic rings. The number of ether oxygens (including phenoxy) is 1. The predicted molar refractivity (Wildman–Crippen MR) is 77.1 cm³/mol. The fraction of sp³-hybridized carbons (Fsp3) is 0.562. The summed E-state index contributed by atoms with van der Waals surface area (Å²) >= 11 is 0. The molecular formula is C16H20N2O4. The molecule has 2 aliphatic rings. The van der Waals surface area contributed by atoms with Crippen LogP contribution in [0, 0.1) is 10.8 Å². The zero-order valence-electron chi connectivity index (χ0n) is 13.0. The Kier molecular flexibility index (Phi) is 3.25. The summed E-state index contributed by atoms with van der Waals surface area (Å²) in [6.07, 6.45) is 4.50. The minimum atomic E-state index is -1.15. The van der Waals surface area contributed by atoms with Crippen LogP contribution in [0.25, 0.3) is 0 Å². The molecule has 118 valence electrons. The van der Waals surface area contributed by atoms with Crippen molar-refractivity contribution in [3.8, 4) is 0 Å².